The van der Waals surface area contributed by atoms with E-state index in [1.165, 1.54) is 0 Å². The molecule has 3 aliphatic heterocycles. The van der Waals surface area contributed by atoms with Gasteiger partial charge in [0.2, 0.25) is 0 Å². The molecule has 1 fully saturated rings. The van der Waals surface area contributed by atoms with Crippen LogP contribution in [0.3, 0.4) is 0 Å². The molecule has 0 amide bonds. The molecule has 1 aromatic rings. The Morgan fingerprint density at radius 1 is 1.28 bits per heavy atom. The highest BCUT2D eigenvalue weighted by molar-refractivity contribution is 5.77. The third kappa shape index (κ3) is 4.14. The molecular formula is C22H34FN5O. The van der Waals surface area contributed by atoms with Gasteiger partial charge in [-0.3, -0.25) is 10.6 Å². The van der Waals surface area contributed by atoms with E-state index in [0.29, 0.717) is 29.8 Å². The maximum absolute atomic E-state index is 15.7. The van der Waals surface area contributed by atoms with Crippen molar-refractivity contribution < 1.29 is 9.13 Å². The van der Waals surface area contributed by atoms with Gasteiger partial charge in [-0.15, -0.1) is 0 Å². The molecule has 29 heavy (non-hydrogen) atoms. The second kappa shape index (κ2) is 9.00. The van der Waals surface area contributed by atoms with Crippen LogP contribution >= 0.6 is 0 Å². The molecule has 3 heterocycles. The average Bonchev–Trinajstić information content (AvgIpc) is 3.00. The van der Waals surface area contributed by atoms with Crippen LogP contribution in [-0.2, 0) is 6.42 Å². The monoisotopic (exact) mass is 403 g/mol. The molecule has 0 saturated carbocycles. The normalized spacial score (nSPS) is 29.6. The lowest BCUT2D eigenvalue weighted by atomic mass is 9.92. The number of benzene rings is 1. The van der Waals surface area contributed by atoms with Gasteiger partial charge in [-0.2, -0.15) is 0 Å². The highest BCUT2D eigenvalue weighted by Gasteiger charge is 2.34. The topological polar surface area (TPSA) is 69.4 Å². The number of nitrogens with one attached hydrogen (secondary N) is 5. The van der Waals surface area contributed by atoms with Gasteiger partial charge in [0.05, 0.1) is 24.0 Å². The third-order valence-corrected chi connectivity index (χ3v) is 6.45. The number of fused-ring (bicyclic) bond motifs is 1. The number of anilines is 1. The number of hydrogen-bond acceptors (Lipinski definition) is 6. The van der Waals surface area contributed by atoms with Crippen LogP contribution < -0.4 is 31.3 Å². The van der Waals surface area contributed by atoms with Crippen molar-refractivity contribution in [2.45, 2.75) is 58.0 Å². The molecular weight excluding hydrogens is 369 g/mol. The summed E-state index contributed by atoms with van der Waals surface area (Å²) in [7, 11) is 1.97. The van der Waals surface area contributed by atoms with Crippen LogP contribution in [0.25, 0.3) is 5.57 Å². The zero-order valence-electron chi connectivity index (χ0n) is 17.7. The van der Waals surface area contributed by atoms with Crippen molar-refractivity contribution in [1.82, 2.24) is 21.3 Å². The summed E-state index contributed by atoms with van der Waals surface area (Å²) in [4.78, 5) is 0. The van der Waals surface area contributed by atoms with Gasteiger partial charge in [-0.1, -0.05) is 13.0 Å². The fourth-order valence-electron chi connectivity index (χ4n) is 4.89. The number of allylic oxidation sites excluding steroid dienone is 1. The van der Waals surface area contributed by atoms with Crippen molar-refractivity contribution in [2.24, 2.45) is 5.92 Å². The fraction of sp³-hybridized carbons (Fsp3) is 0.636. The van der Waals surface area contributed by atoms with Gasteiger partial charge in [-0.05, 0) is 51.4 Å². The first-order valence-electron chi connectivity index (χ1n) is 11.0. The van der Waals surface area contributed by atoms with E-state index in [1.54, 1.807) is 0 Å². The molecule has 6 nitrogen and oxygen atoms in total. The van der Waals surface area contributed by atoms with Crippen molar-refractivity contribution in [2.75, 3.05) is 32.1 Å². The highest BCUT2D eigenvalue weighted by Crippen LogP contribution is 2.41. The zero-order chi connectivity index (χ0) is 20.4. The highest BCUT2D eigenvalue weighted by atomic mass is 19.1. The van der Waals surface area contributed by atoms with Gasteiger partial charge in [0.15, 0.2) is 5.82 Å². The number of hydrogen-bond donors (Lipinski definition) is 5. The van der Waals surface area contributed by atoms with Crippen LogP contribution in [0.2, 0.25) is 0 Å². The molecule has 1 saturated heterocycles. The van der Waals surface area contributed by atoms with E-state index in [1.807, 2.05) is 13.1 Å². The Kier molecular flexibility index (Phi) is 6.39. The Morgan fingerprint density at radius 3 is 2.93 bits per heavy atom. The summed E-state index contributed by atoms with van der Waals surface area (Å²) in [6, 6.07) is 2.23. The molecule has 1 aromatic carbocycles. The summed E-state index contributed by atoms with van der Waals surface area (Å²) in [6.07, 6.45) is 5.82. The van der Waals surface area contributed by atoms with E-state index in [-0.39, 0.29) is 18.3 Å². The van der Waals surface area contributed by atoms with Gasteiger partial charge in [0.1, 0.15) is 12.0 Å². The molecule has 4 unspecified atom stereocenters. The molecule has 0 bridgehead atoms. The Labute approximate surface area is 173 Å². The minimum absolute atomic E-state index is 0.171. The molecule has 0 spiro atoms. The standard InChI is InChI=1S/C22H34FN5O/c1-4-16-13(2)26-22(28-21(16)24-3)27-17-12-15-8-11-29-20(15)18(19(17)23)14-6-5-9-25-10-7-14/h7,12-13,16,21-22,24-28H,4-6,8-11H2,1-3H3. The minimum atomic E-state index is -0.214. The molecule has 0 aliphatic carbocycles. The summed E-state index contributed by atoms with van der Waals surface area (Å²) in [5.41, 5.74) is 3.31. The van der Waals surface area contributed by atoms with Crippen LogP contribution in [-0.4, -0.2) is 45.2 Å². The molecule has 4 atom stereocenters. The quantitative estimate of drug-likeness (QED) is 0.520. The van der Waals surface area contributed by atoms with E-state index in [0.717, 1.165) is 55.7 Å². The Morgan fingerprint density at radius 2 is 2.14 bits per heavy atom. The fourth-order valence-corrected chi connectivity index (χ4v) is 4.89. The first-order valence-corrected chi connectivity index (χ1v) is 11.0. The van der Waals surface area contributed by atoms with Gasteiger partial charge in [0, 0.05) is 30.5 Å². The minimum Gasteiger partial charge on any atom is -0.492 e. The maximum Gasteiger partial charge on any atom is 0.157 e. The predicted molar refractivity (Wildman–Crippen MR) is 115 cm³/mol. The summed E-state index contributed by atoms with van der Waals surface area (Å²) in [5, 5.41) is 17.2. The SMILES string of the molecule is CCC1C(C)NC(Nc2cc3c(c(C4=CCNCCC4)c2F)OCC3)NC1NC. The van der Waals surface area contributed by atoms with Gasteiger partial charge >= 0.3 is 0 Å². The zero-order valence-corrected chi connectivity index (χ0v) is 17.7. The summed E-state index contributed by atoms with van der Waals surface area (Å²) >= 11 is 0. The summed E-state index contributed by atoms with van der Waals surface area (Å²) in [5.74, 6) is 0.988. The molecule has 0 aromatic heterocycles. The van der Waals surface area contributed by atoms with Gasteiger partial charge in [-0.25, -0.2) is 4.39 Å². The van der Waals surface area contributed by atoms with E-state index < -0.39 is 0 Å². The van der Waals surface area contributed by atoms with Crippen molar-refractivity contribution in [3.63, 3.8) is 0 Å². The first-order chi connectivity index (χ1) is 14.1. The molecule has 4 rings (SSSR count). The van der Waals surface area contributed by atoms with Crippen molar-refractivity contribution in [3.05, 3.63) is 29.1 Å². The molecule has 7 heteroatoms. The predicted octanol–water partition coefficient (Wildman–Crippen LogP) is 2.38. The van der Waals surface area contributed by atoms with Gasteiger partial charge in [0.25, 0.3) is 0 Å². The largest absolute Gasteiger partial charge is 0.492 e. The number of rotatable bonds is 5. The van der Waals surface area contributed by atoms with E-state index in [2.05, 4.69) is 46.5 Å². The van der Waals surface area contributed by atoms with Crippen LogP contribution in [0.5, 0.6) is 5.75 Å². The van der Waals surface area contributed by atoms with Crippen LogP contribution in [0, 0.1) is 11.7 Å². The lowest BCUT2D eigenvalue weighted by Gasteiger charge is -2.42. The summed E-state index contributed by atoms with van der Waals surface area (Å²) < 4.78 is 21.6. The molecule has 3 aliphatic rings. The van der Waals surface area contributed by atoms with E-state index in [9.17, 15) is 0 Å². The van der Waals surface area contributed by atoms with Crippen molar-refractivity contribution in [3.8, 4) is 5.75 Å². The second-order valence-corrected chi connectivity index (χ2v) is 8.27. The Balaban J connectivity index is 1.63. The van der Waals surface area contributed by atoms with Crippen LogP contribution in [0.4, 0.5) is 10.1 Å². The molecule has 160 valence electrons. The molecule has 0 radical (unpaired) electrons. The van der Waals surface area contributed by atoms with Crippen LogP contribution in [0.1, 0.15) is 44.2 Å². The summed E-state index contributed by atoms with van der Waals surface area (Å²) in [6.45, 7) is 6.74. The van der Waals surface area contributed by atoms with E-state index >= 15 is 4.39 Å². The smallest absolute Gasteiger partial charge is 0.157 e. The van der Waals surface area contributed by atoms with Gasteiger partial charge < -0.3 is 20.7 Å². The third-order valence-electron chi connectivity index (χ3n) is 6.45. The van der Waals surface area contributed by atoms with Crippen molar-refractivity contribution >= 4 is 11.3 Å². The average molecular weight is 404 g/mol. The van der Waals surface area contributed by atoms with Crippen LogP contribution in [0.15, 0.2) is 12.1 Å². The van der Waals surface area contributed by atoms with E-state index in [4.69, 9.17) is 4.74 Å². The maximum atomic E-state index is 15.7. The number of halogens is 1. The lowest BCUT2D eigenvalue weighted by Crippen LogP contribution is -2.68. The second-order valence-electron chi connectivity index (χ2n) is 8.27. The number of ether oxygens (including phenoxy) is 1. The lowest BCUT2D eigenvalue weighted by molar-refractivity contribution is 0.158. The first kappa shape index (κ1) is 20.6. The Hall–Kier alpha value is -1.67. The van der Waals surface area contributed by atoms with Crippen molar-refractivity contribution in [1.29, 1.82) is 0 Å². The Bertz CT molecular complexity index is 768. The molecule has 5 N–H and O–H groups in total.